The Morgan fingerprint density at radius 2 is 2.24 bits per heavy atom. The molecule has 0 amide bonds. The van der Waals surface area contributed by atoms with E-state index in [1.54, 1.807) is 17.4 Å². The van der Waals surface area contributed by atoms with Crippen LogP contribution in [-0.2, 0) is 16.1 Å². The molecule has 1 unspecified atom stereocenters. The van der Waals surface area contributed by atoms with Gasteiger partial charge in [-0.2, -0.15) is 0 Å². The number of carbonyl (C=O) groups is 1. The van der Waals surface area contributed by atoms with Crippen molar-refractivity contribution in [1.82, 2.24) is 5.32 Å². The van der Waals surface area contributed by atoms with E-state index in [0.717, 1.165) is 10.4 Å². The van der Waals surface area contributed by atoms with Crippen molar-refractivity contribution in [3.63, 3.8) is 0 Å². The standard InChI is InChI=1S/C15H15NO4S/c1-18-15(17)14(16-8-11-3-2-6-21-11)10-4-5-12-13(7-10)20-9-19-12/h2-7,14,16H,8-9H2,1H3. The molecule has 0 spiro atoms. The van der Waals surface area contributed by atoms with Gasteiger partial charge >= 0.3 is 5.97 Å². The van der Waals surface area contributed by atoms with E-state index < -0.39 is 6.04 Å². The molecule has 0 saturated heterocycles. The van der Waals surface area contributed by atoms with Gasteiger partial charge in [0.1, 0.15) is 6.04 Å². The highest BCUT2D eigenvalue weighted by molar-refractivity contribution is 7.09. The van der Waals surface area contributed by atoms with Gasteiger partial charge in [-0.05, 0) is 29.1 Å². The van der Waals surface area contributed by atoms with E-state index in [9.17, 15) is 4.79 Å². The molecule has 21 heavy (non-hydrogen) atoms. The first-order valence-electron chi connectivity index (χ1n) is 6.51. The van der Waals surface area contributed by atoms with Crippen molar-refractivity contribution in [2.24, 2.45) is 0 Å². The second-order valence-electron chi connectivity index (χ2n) is 4.53. The Kier molecular flexibility index (Phi) is 4.08. The zero-order valence-electron chi connectivity index (χ0n) is 11.5. The van der Waals surface area contributed by atoms with Crippen LogP contribution in [0, 0.1) is 0 Å². The van der Waals surface area contributed by atoms with Crippen molar-refractivity contribution < 1.29 is 19.0 Å². The van der Waals surface area contributed by atoms with E-state index in [1.165, 1.54) is 7.11 Å². The van der Waals surface area contributed by atoms with Crippen molar-refractivity contribution >= 4 is 17.3 Å². The minimum absolute atomic E-state index is 0.213. The summed E-state index contributed by atoms with van der Waals surface area (Å²) in [7, 11) is 1.38. The highest BCUT2D eigenvalue weighted by Crippen LogP contribution is 2.34. The molecule has 110 valence electrons. The number of rotatable bonds is 5. The zero-order valence-corrected chi connectivity index (χ0v) is 12.3. The van der Waals surface area contributed by atoms with Crippen molar-refractivity contribution in [2.45, 2.75) is 12.6 Å². The maximum atomic E-state index is 12.0. The third-order valence-corrected chi connectivity index (χ3v) is 4.10. The first-order chi connectivity index (χ1) is 10.3. The van der Waals surface area contributed by atoms with Gasteiger partial charge in [-0.3, -0.25) is 5.32 Å². The normalized spacial score (nSPS) is 14.0. The minimum atomic E-state index is -0.536. The largest absolute Gasteiger partial charge is 0.468 e. The van der Waals surface area contributed by atoms with Gasteiger partial charge < -0.3 is 14.2 Å². The van der Waals surface area contributed by atoms with E-state index in [1.807, 2.05) is 29.6 Å². The molecule has 1 aromatic carbocycles. The summed E-state index contributed by atoms with van der Waals surface area (Å²) in [6.45, 7) is 0.816. The average Bonchev–Trinajstić information content (AvgIpc) is 3.17. The summed E-state index contributed by atoms with van der Waals surface area (Å²) in [6.07, 6.45) is 0. The fourth-order valence-electron chi connectivity index (χ4n) is 2.16. The van der Waals surface area contributed by atoms with Gasteiger partial charge in [-0.25, -0.2) is 4.79 Å². The van der Waals surface area contributed by atoms with Crippen LogP contribution in [0.3, 0.4) is 0 Å². The third-order valence-electron chi connectivity index (χ3n) is 3.23. The molecular weight excluding hydrogens is 290 g/mol. The van der Waals surface area contributed by atoms with E-state index >= 15 is 0 Å². The van der Waals surface area contributed by atoms with Gasteiger partial charge in [0.25, 0.3) is 0 Å². The van der Waals surface area contributed by atoms with Gasteiger partial charge in [-0.1, -0.05) is 12.1 Å². The van der Waals surface area contributed by atoms with Crippen molar-refractivity contribution in [3.05, 3.63) is 46.2 Å². The summed E-state index contributed by atoms with van der Waals surface area (Å²) >= 11 is 1.64. The number of ether oxygens (including phenoxy) is 3. The number of thiophene rings is 1. The topological polar surface area (TPSA) is 56.8 Å². The fourth-order valence-corrected chi connectivity index (χ4v) is 2.82. The predicted octanol–water partition coefficient (Wildman–Crippen LogP) is 2.48. The SMILES string of the molecule is COC(=O)C(NCc1cccs1)c1ccc2c(c1)OCO2. The molecule has 3 rings (SSSR count). The summed E-state index contributed by atoms with van der Waals surface area (Å²) in [6, 6.07) is 8.93. The number of hydrogen-bond donors (Lipinski definition) is 1. The van der Waals surface area contributed by atoms with Crippen LogP contribution in [0.2, 0.25) is 0 Å². The number of benzene rings is 1. The Morgan fingerprint density at radius 1 is 1.38 bits per heavy atom. The van der Waals surface area contributed by atoms with Gasteiger partial charge in [0.15, 0.2) is 11.5 Å². The highest BCUT2D eigenvalue weighted by Gasteiger charge is 2.24. The van der Waals surface area contributed by atoms with Crippen LogP contribution in [-0.4, -0.2) is 19.9 Å². The molecule has 1 aliphatic heterocycles. The summed E-state index contributed by atoms with van der Waals surface area (Å²) in [5, 5.41) is 5.22. The predicted molar refractivity (Wildman–Crippen MR) is 78.5 cm³/mol. The fraction of sp³-hybridized carbons (Fsp3) is 0.267. The lowest BCUT2D eigenvalue weighted by molar-refractivity contribution is -0.143. The van der Waals surface area contributed by atoms with Crippen LogP contribution in [0.1, 0.15) is 16.5 Å². The molecule has 2 heterocycles. The molecule has 0 fully saturated rings. The Morgan fingerprint density at radius 3 is 3.00 bits per heavy atom. The second-order valence-corrected chi connectivity index (χ2v) is 5.56. The molecule has 1 atom stereocenters. The maximum Gasteiger partial charge on any atom is 0.327 e. The Balaban J connectivity index is 1.79. The molecule has 0 aliphatic carbocycles. The van der Waals surface area contributed by atoms with E-state index in [4.69, 9.17) is 14.2 Å². The van der Waals surface area contributed by atoms with Crippen molar-refractivity contribution in [3.8, 4) is 11.5 Å². The smallest absolute Gasteiger partial charge is 0.327 e. The molecule has 1 aromatic heterocycles. The molecule has 1 N–H and O–H groups in total. The highest BCUT2D eigenvalue weighted by atomic mass is 32.1. The quantitative estimate of drug-likeness (QED) is 0.860. The lowest BCUT2D eigenvalue weighted by Gasteiger charge is -2.16. The molecular formula is C15H15NO4S. The molecule has 0 saturated carbocycles. The van der Waals surface area contributed by atoms with Crippen molar-refractivity contribution in [1.29, 1.82) is 0 Å². The van der Waals surface area contributed by atoms with Gasteiger partial charge in [0.05, 0.1) is 7.11 Å². The first kappa shape index (κ1) is 13.9. The summed E-state index contributed by atoms with van der Waals surface area (Å²) < 4.78 is 15.5. The van der Waals surface area contributed by atoms with Crippen LogP contribution >= 0.6 is 11.3 Å². The average molecular weight is 305 g/mol. The van der Waals surface area contributed by atoms with Crippen LogP contribution in [0.15, 0.2) is 35.7 Å². The van der Waals surface area contributed by atoms with E-state index in [2.05, 4.69) is 5.32 Å². The molecule has 1 aliphatic rings. The minimum Gasteiger partial charge on any atom is -0.468 e. The molecule has 2 aromatic rings. The van der Waals surface area contributed by atoms with Crippen LogP contribution in [0.5, 0.6) is 11.5 Å². The zero-order chi connectivity index (χ0) is 14.7. The summed E-state index contributed by atoms with van der Waals surface area (Å²) in [5.41, 5.74) is 0.794. The van der Waals surface area contributed by atoms with Gasteiger partial charge in [0.2, 0.25) is 6.79 Å². The number of esters is 1. The molecule has 6 heteroatoms. The lowest BCUT2D eigenvalue weighted by Crippen LogP contribution is -2.29. The number of methoxy groups -OCH3 is 1. The van der Waals surface area contributed by atoms with Gasteiger partial charge in [-0.15, -0.1) is 11.3 Å². The van der Waals surface area contributed by atoms with E-state index in [-0.39, 0.29) is 12.8 Å². The van der Waals surface area contributed by atoms with Gasteiger partial charge in [0, 0.05) is 11.4 Å². The monoisotopic (exact) mass is 305 g/mol. The molecule has 0 radical (unpaired) electrons. The maximum absolute atomic E-state index is 12.0. The molecule has 0 bridgehead atoms. The van der Waals surface area contributed by atoms with Crippen LogP contribution in [0.4, 0.5) is 0 Å². The van der Waals surface area contributed by atoms with Crippen molar-refractivity contribution in [2.75, 3.05) is 13.9 Å². The van der Waals surface area contributed by atoms with Crippen LogP contribution in [0.25, 0.3) is 0 Å². The lowest BCUT2D eigenvalue weighted by atomic mass is 10.1. The summed E-state index contributed by atoms with van der Waals surface area (Å²) in [4.78, 5) is 13.2. The Bertz CT molecular complexity index is 627. The number of carbonyl (C=O) groups excluding carboxylic acids is 1. The second kappa shape index (κ2) is 6.15. The van der Waals surface area contributed by atoms with Crippen LogP contribution < -0.4 is 14.8 Å². The number of hydrogen-bond acceptors (Lipinski definition) is 6. The number of nitrogens with one attached hydrogen (secondary N) is 1. The van der Waals surface area contributed by atoms with E-state index in [0.29, 0.717) is 18.0 Å². The summed E-state index contributed by atoms with van der Waals surface area (Å²) in [5.74, 6) is 1.02. The first-order valence-corrected chi connectivity index (χ1v) is 7.39. The Labute approximate surface area is 126 Å². The Hall–Kier alpha value is -2.05. The third kappa shape index (κ3) is 3.01. The number of fused-ring (bicyclic) bond motifs is 1. The molecule has 5 nitrogen and oxygen atoms in total.